The van der Waals surface area contributed by atoms with E-state index in [4.69, 9.17) is 9.68 Å². The summed E-state index contributed by atoms with van der Waals surface area (Å²) in [4.78, 5) is 18.6. The molecule has 156 valence electrons. The lowest BCUT2D eigenvalue weighted by atomic mass is 10.1. The van der Waals surface area contributed by atoms with Crippen LogP contribution in [0.2, 0.25) is 0 Å². The van der Waals surface area contributed by atoms with Gasteiger partial charge in [-0.25, -0.2) is 9.37 Å². The van der Waals surface area contributed by atoms with Gasteiger partial charge < -0.3 is 9.73 Å². The standard InChI is InChI=1S/C21H16FN5O2S2/c1-11-2-3-15(30-11)12-6-16-14(7-13(12)22)24-20(31-16)9-19-27-26-18(29-19)8-17(28)25-21(10-23)4-5-21/h2-3,6-7H,4-5,8-9H2,1H3,(H,25,28). The second-order valence-electron chi connectivity index (χ2n) is 7.50. The summed E-state index contributed by atoms with van der Waals surface area (Å²) >= 11 is 2.99. The monoisotopic (exact) mass is 453 g/mol. The SMILES string of the molecule is Cc1ccc(-c2cc3sc(Cc4nnc(CC(=O)NC5(C#N)CC5)o4)nc3cc2F)s1. The number of aromatic nitrogens is 3. The van der Waals surface area contributed by atoms with Crippen molar-refractivity contribution in [2.75, 3.05) is 0 Å². The number of thiazole rings is 1. The minimum absolute atomic E-state index is 0.0783. The Bertz CT molecular complexity index is 1350. The Morgan fingerprint density at radius 1 is 1.29 bits per heavy atom. The van der Waals surface area contributed by atoms with Crippen LogP contribution in [0.25, 0.3) is 20.7 Å². The molecule has 0 saturated heterocycles. The Morgan fingerprint density at radius 3 is 2.81 bits per heavy atom. The molecule has 31 heavy (non-hydrogen) atoms. The normalized spacial score (nSPS) is 14.5. The molecule has 0 bridgehead atoms. The zero-order valence-corrected chi connectivity index (χ0v) is 18.1. The van der Waals surface area contributed by atoms with E-state index in [9.17, 15) is 9.18 Å². The first kappa shape index (κ1) is 19.8. The fourth-order valence-corrected chi connectivity index (χ4v) is 5.10. The number of hydrogen-bond acceptors (Lipinski definition) is 8. The first-order chi connectivity index (χ1) is 14.9. The van der Waals surface area contributed by atoms with E-state index in [0.29, 0.717) is 36.2 Å². The van der Waals surface area contributed by atoms with Gasteiger partial charge in [0, 0.05) is 21.4 Å². The van der Waals surface area contributed by atoms with Crippen molar-refractivity contribution >= 4 is 38.8 Å². The highest BCUT2D eigenvalue weighted by Gasteiger charge is 2.44. The Kier molecular flexibility index (Phi) is 4.79. The third-order valence-electron chi connectivity index (χ3n) is 4.99. The van der Waals surface area contributed by atoms with Crippen LogP contribution in [0, 0.1) is 24.1 Å². The summed E-state index contributed by atoms with van der Waals surface area (Å²) in [7, 11) is 0. The molecule has 1 aliphatic carbocycles. The van der Waals surface area contributed by atoms with Crippen LogP contribution in [-0.2, 0) is 17.6 Å². The summed E-state index contributed by atoms with van der Waals surface area (Å²) in [6, 6.07) is 9.27. The number of benzene rings is 1. The van der Waals surface area contributed by atoms with Crippen LogP contribution >= 0.6 is 22.7 Å². The van der Waals surface area contributed by atoms with Gasteiger partial charge in [-0.3, -0.25) is 4.79 Å². The molecular weight excluding hydrogens is 437 g/mol. The van der Waals surface area contributed by atoms with Crippen LogP contribution in [0.4, 0.5) is 4.39 Å². The molecule has 5 rings (SSSR count). The molecule has 0 aliphatic heterocycles. The summed E-state index contributed by atoms with van der Waals surface area (Å²) in [5, 5.41) is 20.4. The van der Waals surface area contributed by atoms with Gasteiger partial charge in [0.15, 0.2) is 0 Å². The van der Waals surface area contributed by atoms with E-state index >= 15 is 0 Å². The molecule has 1 saturated carbocycles. The van der Waals surface area contributed by atoms with Crippen LogP contribution in [0.1, 0.15) is 34.5 Å². The number of nitrogens with one attached hydrogen (secondary N) is 1. The van der Waals surface area contributed by atoms with Crippen LogP contribution in [0.3, 0.4) is 0 Å². The minimum atomic E-state index is -0.725. The average molecular weight is 454 g/mol. The molecule has 3 aromatic heterocycles. The van der Waals surface area contributed by atoms with Gasteiger partial charge in [0.25, 0.3) is 0 Å². The number of fused-ring (bicyclic) bond motifs is 1. The number of amides is 1. The molecule has 0 atom stereocenters. The predicted molar refractivity (Wildman–Crippen MR) is 114 cm³/mol. The van der Waals surface area contributed by atoms with Crippen molar-refractivity contribution in [1.82, 2.24) is 20.5 Å². The Labute approximate surface area is 184 Å². The quantitative estimate of drug-likeness (QED) is 0.470. The lowest BCUT2D eigenvalue weighted by Gasteiger charge is -2.06. The van der Waals surface area contributed by atoms with E-state index in [1.165, 1.54) is 17.4 Å². The molecule has 0 radical (unpaired) electrons. The van der Waals surface area contributed by atoms with E-state index in [1.54, 1.807) is 11.3 Å². The van der Waals surface area contributed by atoms with Crippen molar-refractivity contribution in [1.29, 1.82) is 5.26 Å². The molecule has 1 amide bonds. The molecule has 0 unspecified atom stereocenters. The van der Waals surface area contributed by atoms with Crippen molar-refractivity contribution in [3.05, 3.63) is 51.7 Å². The van der Waals surface area contributed by atoms with Gasteiger partial charge in [0.2, 0.25) is 17.7 Å². The highest BCUT2D eigenvalue weighted by molar-refractivity contribution is 7.18. The average Bonchev–Trinajstić information content (AvgIpc) is 3.04. The second kappa shape index (κ2) is 7.51. The van der Waals surface area contributed by atoms with Gasteiger partial charge >= 0.3 is 0 Å². The second-order valence-corrected chi connectivity index (χ2v) is 9.91. The first-order valence-electron chi connectivity index (χ1n) is 9.62. The zero-order chi connectivity index (χ0) is 21.6. The van der Waals surface area contributed by atoms with Crippen molar-refractivity contribution in [2.24, 2.45) is 0 Å². The van der Waals surface area contributed by atoms with Crippen molar-refractivity contribution < 1.29 is 13.6 Å². The highest BCUT2D eigenvalue weighted by atomic mass is 32.1. The van der Waals surface area contributed by atoms with Gasteiger partial charge in [-0.2, -0.15) is 5.26 Å². The van der Waals surface area contributed by atoms with Gasteiger partial charge in [0.05, 0.1) is 22.7 Å². The Balaban J connectivity index is 1.31. The van der Waals surface area contributed by atoms with Crippen LogP contribution < -0.4 is 5.32 Å². The fourth-order valence-electron chi connectivity index (χ4n) is 3.24. The molecule has 1 aliphatic rings. The number of aryl methyl sites for hydroxylation is 1. The Morgan fingerprint density at radius 2 is 2.10 bits per heavy atom. The number of rotatable bonds is 6. The molecule has 10 heteroatoms. The number of carbonyl (C=O) groups is 1. The van der Waals surface area contributed by atoms with Crippen molar-refractivity contribution in [2.45, 2.75) is 38.1 Å². The number of hydrogen-bond donors (Lipinski definition) is 1. The molecule has 1 N–H and O–H groups in total. The van der Waals surface area contributed by atoms with Crippen molar-refractivity contribution in [3.8, 4) is 16.5 Å². The summed E-state index contributed by atoms with van der Waals surface area (Å²) in [5.74, 6) is -0.106. The molecule has 0 spiro atoms. The maximum absolute atomic E-state index is 14.6. The number of nitriles is 1. The Hall–Kier alpha value is -3.16. The molecule has 3 heterocycles. The fraction of sp³-hybridized carbons (Fsp3) is 0.286. The first-order valence-corrected chi connectivity index (χ1v) is 11.3. The van der Waals surface area contributed by atoms with Crippen LogP contribution in [0.5, 0.6) is 0 Å². The number of halogens is 1. The largest absolute Gasteiger partial charge is 0.424 e. The van der Waals surface area contributed by atoms with E-state index in [0.717, 1.165) is 19.5 Å². The van der Waals surface area contributed by atoms with E-state index in [-0.39, 0.29) is 24.0 Å². The number of nitrogens with zero attached hydrogens (tertiary/aromatic N) is 4. The lowest BCUT2D eigenvalue weighted by molar-refractivity contribution is -0.121. The zero-order valence-electron chi connectivity index (χ0n) is 16.4. The predicted octanol–water partition coefficient (Wildman–Crippen LogP) is 4.16. The molecule has 4 aromatic rings. The minimum Gasteiger partial charge on any atom is -0.424 e. The molecular formula is C21H16FN5O2S2. The van der Waals surface area contributed by atoms with Gasteiger partial charge in [-0.05, 0) is 38.0 Å². The summed E-state index contributed by atoms with van der Waals surface area (Å²) < 4.78 is 21.0. The van der Waals surface area contributed by atoms with Gasteiger partial charge in [0.1, 0.15) is 22.8 Å². The molecule has 1 aromatic carbocycles. The molecule has 1 fully saturated rings. The summed E-state index contributed by atoms with van der Waals surface area (Å²) in [5.41, 5.74) is 0.425. The third-order valence-corrected chi connectivity index (χ3v) is 7.05. The number of carbonyl (C=O) groups excluding carboxylic acids is 1. The van der Waals surface area contributed by atoms with Crippen molar-refractivity contribution in [3.63, 3.8) is 0 Å². The van der Waals surface area contributed by atoms with Gasteiger partial charge in [-0.1, -0.05) is 0 Å². The maximum atomic E-state index is 14.6. The third kappa shape index (κ3) is 4.06. The van der Waals surface area contributed by atoms with E-state index < -0.39 is 5.54 Å². The lowest BCUT2D eigenvalue weighted by Crippen LogP contribution is -2.36. The summed E-state index contributed by atoms with van der Waals surface area (Å²) in [6.45, 7) is 1.99. The smallest absolute Gasteiger partial charge is 0.230 e. The highest BCUT2D eigenvalue weighted by Crippen LogP contribution is 2.35. The van der Waals surface area contributed by atoms with E-state index in [2.05, 4.69) is 26.6 Å². The number of thiophene rings is 1. The molecule has 7 nitrogen and oxygen atoms in total. The maximum Gasteiger partial charge on any atom is 0.230 e. The van der Waals surface area contributed by atoms with Gasteiger partial charge in [-0.15, -0.1) is 32.9 Å². The summed E-state index contributed by atoms with van der Waals surface area (Å²) in [6.07, 6.45) is 1.54. The van der Waals surface area contributed by atoms with Crippen LogP contribution in [0.15, 0.2) is 28.7 Å². The van der Waals surface area contributed by atoms with Crippen LogP contribution in [-0.4, -0.2) is 26.6 Å². The topological polar surface area (TPSA) is 105 Å². The van der Waals surface area contributed by atoms with E-state index in [1.807, 2.05) is 25.1 Å².